The summed E-state index contributed by atoms with van der Waals surface area (Å²) in [6, 6.07) is 18.1. The van der Waals surface area contributed by atoms with Crippen LogP contribution in [0.3, 0.4) is 0 Å². The molecule has 0 aliphatic rings. The molecule has 4 nitrogen and oxygen atoms in total. The van der Waals surface area contributed by atoms with Crippen molar-refractivity contribution in [1.82, 2.24) is 15.2 Å². The highest BCUT2D eigenvalue weighted by atomic mass is 15.1. The van der Waals surface area contributed by atoms with Gasteiger partial charge in [-0.3, -0.25) is 5.10 Å². The number of nitrogens with two attached hydrogens (primary N) is 1. The van der Waals surface area contributed by atoms with Crippen LogP contribution in [-0.4, -0.2) is 15.2 Å². The average Bonchev–Trinajstić information content (AvgIpc) is 2.94. The number of hydrogen-bond acceptors (Lipinski definition) is 3. The summed E-state index contributed by atoms with van der Waals surface area (Å²) >= 11 is 0. The van der Waals surface area contributed by atoms with E-state index in [1.54, 1.807) is 0 Å². The molecule has 2 aromatic heterocycles. The Kier molecular flexibility index (Phi) is 2.23. The summed E-state index contributed by atoms with van der Waals surface area (Å²) in [6.45, 7) is 0. The molecule has 0 spiro atoms. The normalized spacial score (nSPS) is 11.2. The Hall–Kier alpha value is -2.88. The molecule has 0 radical (unpaired) electrons. The Morgan fingerprint density at radius 3 is 2.50 bits per heavy atom. The summed E-state index contributed by atoms with van der Waals surface area (Å²) in [6.07, 6.45) is 0. The van der Waals surface area contributed by atoms with Crippen LogP contribution >= 0.6 is 0 Å². The molecule has 2 aromatic carbocycles. The first-order valence-corrected chi connectivity index (χ1v) is 6.42. The number of nitrogen functional groups attached to an aromatic ring is 1. The second kappa shape index (κ2) is 4.06. The molecule has 4 rings (SSSR count). The molecule has 20 heavy (non-hydrogen) atoms. The van der Waals surface area contributed by atoms with Gasteiger partial charge in [0.15, 0.2) is 0 Å². The Morgan fingerprint density at radius 2 is 1.65 bits per heavy atom. The molecule has 96 valence electrons. The molecular weight excluding hydrogens is 248 g/mol. The van der Waals surface area contributed by atoms with Crippen LogP contribution in [0.4, 0.5) is 5.82 Å². The number of benzene rings is 2. The van der Waals surface area contributed by atoms with Gasteiger partial charge in [-0.2, -0.15) is 5.10 Å². The van der Waals surface area contributed by atoms with Crippen LogP contribution < -0.4 is 5.73 Å². The molecule has 0 atom stereocenters. The average molecular weight is 260 g/mol. The zero-order chi connectivity index (χ0) is 13.5. The van der Waals surface area contributed by atoms with E-state index >= 15 is 0 Å². The van der Waals surface area contributed by atoms with Crippen molar-refractivity contribution >= 4 is 27.6 Å². The van der Waals surface area contributed by atoms with Gasteiger partial charge in [-0.15, -0.1) is 0 Å². The number of rotatable bonds is 1. The molecule has 4 heteroatoms. The van der Waals surface area contributed by atoms with E-state index in [-0.39, 0.29) is 0 Å². The van der Waals surface area contributed by atoms with E-state index in [1.165, 1.54) is 0 Å². The molecule has 0 aliphatic carbocycles. The number of pyridine rings is 1. The quantitative estimate of drug-likeness (QED) is 0.551. The van der Waals surface area contributed by atoms with Gasteiger partial charge in [0, 0.05) is 16.3 Å². The van der Waals surface area contributed by atoms with Gasteiger partial charge in [0.25, 0.3) is 0 Å². The Bertz CT molecular complexity index is 910. The van der Waals surface area contributed by atoms with E-state index in [0.717, 1.165) is 33.1 Å². The number of aromatic nitrogens is 3. The molecular formula is C16H12N4. The van der Waals surface area contributed by atoms with Crippen LogP contribution in [0.2, 0.25) is 0 Å². The molecule has 0 bridgehead atoms. The Morgan fingerprint density at radius 1 is 0.900 bits per heavy atom. The number of fused-ring (bicyclic) bond motifs is 3. The van der Waals surface area contributed by atoms with Crippen molar-refractivity contribution in [3.05, 3.63) is 54.6 Å². The highest BCUT2D eigenvalue weighted by molar-refractivity contribution is 6.14. The minimum Gasteiger partial charge on any atom is -0.382 e. The number of H-pyrrole nitrogens is 1. The Labute approximate surface area is 115 Å². The van der Waals surface area contributed by atoms with Crippen molar-refractivity contribution < 1.29 is 0 Å². The standard InChI is InChI=1S/C16H12N4/c17-16-15-13(11-8-4-5-9-12(11)18-16)14(19-20-15)10-6-2-1-3-7-10/h1-9H,(H2,17,18)(H,19,20). The van der Waals surface area contributed by atoms with Crippen molar-refractivity contribution in [2.24, 2.45) is 0 Å². The van der Waals surface area contributed by atoms with Crippen molar-refractivity contribution in [2.45, 2.75) is 0 Å². The zero-order valence-corrected chi connectivity index (χ0v) is 10.7. The lowest BCUT2D eigenvalue weighted by molar-refractivity contribution is 1.12. The predicted octanol–water partition coefficient (Wildman–Crippen LogP) is 3.36. The van der Waals surface area contributed by atoms with Gasteiger partial charge in [0.05, 0.1) is 5.52 Å². The molecule has 3 N–H and O–H groups in total. The third-order valence-electron chi connectivity index (χ3n) is 3.48. The van der Waals surface area contributed by atoms with Crippen LogP contribution in [0.25, 0.3) is 33.1 Å². The van der Waals surface area contributed by atoms with Gasteiger partial charge in [-0.25, -0.2) is 4.98 Å². The van der Waals surface area contributed by atoms with Crippen LogP contribution in [0.1, 0.15) is 0 Å². The lowest BCUT2D eigenvalue weighted by atomic mass is 10.0. The van der Waals surface area contributed by atoms with E-state index < -0.39 is 0 Å². The lowest BCUT2D eigenvalue weighted by Crippen LogP contribution is -1.92. The van der Waals surface area contributed by atoms with Crippen LogP contribution in [0.15, 0.2) is 54.6 Å². The summed E-state index contributed by atoms with van der Waals surface area (Å²) in [5.41, 5.74) is 9.68. The van der Waals surface area contributed by atoms with Crippen molar-refractivity contribution in [3.63, 3.8) is 0 Å². The van der Waals surface area contributed by atoms with Crippen LogP contribution in [-0.2, 0) is 0 Å². The third kappa shape index (κ3) is 1.48. The Balaban J connectivity index is 2.19. The van der Waals surface area contributed by atoms with E-state index in [0.29, 0.717) is 5.82 Å². The summed E-state index contributed by atoms with van der Waals surface area (Å²) in [4.78, 5) is 4.42. The van der Waals surface area contributed by atoms with Gasteiger partial charge in [-0.1, -0.05) is 48.5 Å². The van der Waals surface area contributed by atoms with Crippen molar-refractivity contribution in [3.8, 4) is 11.3 Å². The SMILES string of the molecule is Nc1nc2ccccc2c2c(-c3ccccc3)n[nH]c12. The maximum atomic E-state index is 6.03. The second-order valence-corrected chi connectivity index (χ2v) is 4.70. The maximum absolute atomic E-state index is 6.03. The summed E-state index contributed by atoms with van der Waals surface area (Å²) in [7, 11) is 0. The number of para-hydroxylation sites is 1. The number of nitrogens with zero attached hydrogens (tertiary/aromatic N) is 2. The van der Waals surface area contributed by atoms with Crippen molar-refractivity contribution in [2.75, 3.05) is 5.73 Å². The van der Waals surface area contributed by atoms with Crippen LogP contribution in [0.5, 0.6) is 0 Å². The largest absolute Gasteiger partial charge is 0.382 e. The summed E-state index contributed by atoms with van der Waals surface area (Å²) in [5.74, 6) is 0.480. The smallest absolute Gasteiger partial charge is 0.150 e. The van der Waals surface area contributed by atoms with Crippen LogP contribution in [0, 0.1) is 0 Å². The number of nitrogens with one attached hydrogen (secondary N) is 1. The lowest BCUT2D eigenvalue weighted by Gasteiger charge is -2.03. The molecule has 0 amide bonds. The molecule has 4 aromatic rings. The van der Waals surface area contributed by atoms with Crippen molar-refractivity contribution in [1.29, 1.82) is 0 Å². The second-order valence-electron chi connectivity index (χ2n) is 4.70. The molecule has 0 fully saturated rings. The van der Waals surface area contributed by atoms with Gasteiger partial charge < -0.3 is 5.73 Å². The summed E-state index contributed by atoms with van der Waals surface area (Å²) in [5, 5.41) is 9.53. The van der Waals surface area contributed by atoms with E-state index in [9.17, 15) is 0 Å². The van der Waals surface area contributed by atoms with E-state index in [4.69, 9.17) is 5.73 Å². The highest BCUT2D eigenvalue weighted by Crippen LogP contribution is 2.33. The molecule has 0 aliphatic heterocycles. The number of anilines is 1. The van der Waals surface area contributed by atoms with E-state index in [2.05, 4.69) is 15.2 Å². The first-order chi connectivity index (χ1) is 9.84. The first kappa shape index (κ1) is 11.0. The molecule has 0 saturated carbocycles. The fourth-order valence-electron chi connectivity index (χ4n) is 2.56. The summed E-state index contributed by atoms with van der Waals surface area (Å²) < 4.78 is 0. The molecule has 0 saturated heterocycles. The molecule has 2 heterocycles. The first-order valence-electron chi connectivity index (χ1n) is 6.42. The fraction of sp³-hybridized carbons (Fsp3) is 0. The highest BCUT2D eigenvalue weighted by Gasteiger charge is 2.14. The number of aromatic amines is 1. The minimum absolute atomic E-state index is 0.480. The fourth-order valence-corrected chi connectivity index (χ4v) is 2.56. The third-order valence-corrected chi connectivity index (χ3v) is 3.48. The maximum Gasteiger partial charge on any atom is 0.150 e. The van der Waals surface area contributed by atoms with E-state index in [1.807, 2.05) is 54.6 Å². The van der Waals surface area contributed by atoms with Gasteiger partial charge in [-0.05, 0) is 6.07 Å². The predicted molar refractivity (Wildman–Crippen MR) is 81.2 cm³/mol. The van der Waals surface area contributed by atoms with Gasteiger partial charge >= 0.3 is 0 Å². The van der Waals surface area contributed by atoms with Gasteiger partial charge in [0.1, 0.15) is 17.0 Å². The number of hydrogen-bond donors (Lipinski definition) is 2. The zero-order valence-electron chi connectivity index (χ0n) is 10.7. The topological polar surface area (TPSA) is 67.6 Å². The minimum atomic E-state index is 0.480. The molecule has 0 unspecified atom stereocenters. The van der Waals surface area contributed by atoms with Gasteiger partial charge in [0.2, 0.25) is 0 Å². The monoisotopic (exact) mass is 260 g/mol.